The van der Waals surface area contributed by atoms with E-state index in [-0.39, 0.29) is 18.1 Å². The van der Waals surface area contributed by atoms with Crippen LogP contribution in [-0.2, 0) is 23.7 Å². The number of hydrogen-bond acceptors (Lipinski definition) is 9. The van der Waals surface area contributed by atoms with Crippen molar-refractivity contribution in [3.63, 3.8) is 0 Å². The Morgan fingerprint density at radius 1 is 1.11 bits per heavy atom. The van der Waals surface area contributed by atoms with Gasteiger partial charge in [0.1, 0.15) is 5.75 Å². The minimum atomic E-state index is -5.30. The second kappa shape index (κ2) is 9.26. The highest BCUT2D eigenvalue weighted by Gasteiger charge is 2.51. The Labute approximate surface area is 197 Å². The standard InChI is InChI=1S/C21H25F3N6O5/c1-4-34-14-8-6-5-7-13(14)29-15-16(26(2)20(33)27(3)17(15)31)30(35-18(32)21(22,23)24)19(29)28-11-9-25-10-12-28/h5-8,19,25H,4,9-12H2,1-3H3. The molecule has 0 spiro atoms. The van der Waals surface area contributed by atoms with E-state index in [0.717, 1.165) is 9.13 Å². The molecule has 1 aromatic carbocycles. The minimum absolute atomic E-state index is 0.125. The topological polar surface area (TPSA) is 101 Å². The van der Waals surface area contributed by atoms with E-state index in [4.69, 9.17) is 9.57 Å². The predicted octanol–water partition coefficient (Wildman–Crippen LogP) is 0.650. The number of hydrogen-bond donors (Lipinski definition) is 1. The van der Waals surface area contributed by atoms with E-state index in [9.17, 15) is 27.6 Å². The Kier molecular flexibility index (Phi) is 6.51. The van der Waals surface area contributed by atoms with Crippen LogP contribution in [0.1, 0.15) is 6.92 Å². The maximum absolute atomic E-state index is 13.4. The van der Waals surface area contributed by atoms with Gasteiger partial charge in [0, 0.05) is 40.3 Å². The Hall–Kier alpha value is -3.52. The van der Waals surface area contributed by atoms with Crippen molar-refractivity contribution in [1.29, 1.82) is 0 Å². The highest BCUT2D eigenvalue weighted by atomic mass is 19.4. The van der Waals surface area contributed by atoms with Crippen LogP contribution in [0.25, 0.3) is 0 Å². The second-order valence-electron chi connectivity index (χ2n) is 7.98. The normalized spacial score (nSPS) is 18.5. The second-order valence-corrected chi connectivity index (χ2v) is 7.98. The van der Waals surface area contributed by atoms with Gasteiger partial charge < -0.3 is 14.9 Å². The van der Waals surface area contributed by atoms with Gasteiger partial charge in [-0.15, -0.1) is 5.06 Å². The molecule has 0 amide bonds. The first-order valence-corrected chi connectivity index (χ1v) is 10.9. The molecule has 0 aliphatic carbocycles. The van der Waals surface area contributed by atoms with Gasteiger partial charge in [-0.3, -0.25) is 23.7 Å². The van der Waals surface area contributed by atoms with Crippen LogP contribution in [0.5, 0.6) is 5.75 Å². The molecule has 1 unspecified atom stereocenters. The van der Waals surface area contributed by atoms with Crippen molar-refractivity contribution < 1.29 is 27.5 Å². The van der Waals surface area contributed by atoms with Crippen LogP contribution in [0.2, 0.25) is 0 Å². The molecule has 2 aliphatic heterocycles. The van der Waals surface area contributed by atoms with Crippen molar-refractivity contribution in [3.8, 4) is 5.75 Å². The molecule has 1 fully saturated rings. The molecule has 2 aromatic rings. The SMILES string of the molecule is CCOc1ccccc1N1c2c(n(C)c(=O)n(C)c2=O)N(OC(=O)C(F)(F)F)C1N1CCNCC1. The molecule has 1 atom stereocenters. The molecule has 4 rings (SSSR count). The lowest BCUT2D eigenvalue weighted by molar-refractivity contribution is -0.203. The molecule has 190 valence electrons. The molecule has 3 heterocycles. The number of piperazine rings is 1. The number of carbonyl (C=O) groups is 1. The highest BCUT2D eigenvalue weighted by Crippen LogP contribution is 2.45. The van der Waals surface area contributed by atoms with Crippen LogP contribution in [-0.4, -0.2) is 65.3 Å². The van der Waals surface area contributed by atoms with Gasteiger partial charge in [0.15, 0.2) is 11.5 Å². The van der Waals surface area contributed by atoms with E-state index in [1.54, 1.807) is 36.1 Å². The van der Waals surface area contributed by atoms with Crippen molar-refractivity contribution in [2.24, 2.45) is 14.1 Å². The molecule has 0 bridgehead atoms. The van der Waals surface area contributed by atoms with Crippen molar-refractivity contribution >= 4 is 23.2 Å². The third kappa shape index (κ3) is 4.23. The average molecular weight is 498 g/mol. The molecule has 0 radical (unpaired) electrons. The van der Waals surface area contributed by atoms with Gasteiger partial charge in [-0.25, -0.2) is 9.59 Å². The zero-order chi connectivity index (χ0) is 25.5. The number of nitrogens with zero attached hydrogens (tertiary/aromatic N) is 5. The summed E-state index contributed by atoms with van der Waals surface area (Å²) in [7, 11) is 2.56. The monoisotopic (exact) mass is 498 g/mol. The van der Waals surface area contributed by atoms with Crippen LogP contribution in [0.3, 0.4) is 0 Å². The largest absolute Gasteiger partial charge is 0.493 e. The number of ether oxygens (including phenoxy) is 1. The third-order valence-electron chi connectivity index (χ3n) is 5.82. The number of para-hydroxylation sites is 2. The van der Waals surface area contributed by atoms with Gasteiger partial charge in [0.2, 0.25) is 6.29 Å². The third-order valence-corrected chi connectivity index (χ3v) is 5.82. The van der Waals surface area contributed by atoms with Crippen molar-refractivity contribution in [2.45, 2.75) is 19.4 Å². The fourth-order valence-electron chi connectivity index (χ4n) is 4.24. The lowest BCUT2D eigenvalue weighted by Crippen LogP contribution is -2.60. The van der Waals surface area contributed by atoms with Gasteiger partial charge >= 0.3 is 17.8 Å². The lowest BCUT2D eigenvalue weighted by Gasteiger charge is -2.41. The van der Waals surface area contributed by atoms with Gasteiger partial charge in [0.05, 0.1) is 12.3 Å². The molecule has 1 saturated heterocycles. The first-order valence-electron chi connectivity index (χ1n) is 10.9. The van der Waals surface area contributed by atoms with E-state index in [0.29, 0.717) is 42.7 Å². The summed E-state index contributed by atoms with van der Waals surface area (Å²) in [6.45, 7) is 3.79. The summed E-state index contributed by atoms with van der Waals surface area (Å²) >= 11 is 0. The highest BCUT2D eigenvalue weighted by molar-refractivity contribution is 5.84. The zero-order valence-corrected chi connectivity index (χ0v) is 19.3. The molecule has 11 nitrogen and oxygen atoms in total. The molecular weight excluding hydrogens is 473 g/mol. The number of aromatic nitrogens is 2. The fraction of sp³-hybridized carbons (Fsp3) is 0.476. The van der Waals surface area contributed by atoms with Gasteiger partial charge in [-0.2, -0.15) is 13.2 Å². The summed E-state index contributed by atoms with van der Waals surface area (Å²) in [5.74, 6) is -2.39. The molecular formula is C21H25F3N6O5. The molecule has 2 aliphatic rings. The van der Waals surface area contributed by atoms with Crippen LogP contribution in [0, 0.1) is 0 Å². The van der Waals surface area contributed by atoms with Crippen LogP contribution < -0.4 is 31.3 Å². The predicted molar refractivity (Wildman–Crippen MR) is 120 cm³/mol. The van der Waals surface area contributed by atoms with Gasteiger partial charge in [-0.1, -0.05) is 12.1 Å². The number of fused-ring (bicyclic) bond motifs is 1. The van der Waals surface area contributed by atoms with E-state index >= 15 is 0 Å². The lowest BCUT2D eigenvalue weighted by atomic mass is 10.2. The summed E-state index contributed by atoms with van der Waals surface area (Å²) in [6, 6.07) is 6.70. The number of nitrogens with one attached hydrogen (secondary N) is 1. The number of carbonyl (C=O) groups excluding carboxylic acids is 1. The summed E-state index contributed by atoms with van der Waals surface area (Å²) in [6.07, 6.45) is -6.50. The van der Waals surface area contributed by atoms with Crippen LogP contribution in [0.4, 0.5) is 30.4 Å². The van der Waals surface area contributed by atoms with Crippen LogP contribution >= 0.6 is 0 Å². The maximum Gasteiger partial charge on any atom is 0.493 e. The summed E-state index contributed by atoms with van der Waals surface area (Å²) in [5.41, 5.74) is -1.32. The Morgan fingerprint density at radius 2 is 1.77 bits per heavy atom. The summed E-state index contributed by atoms with van der Waals surface area (Å²) in [4.78, 5) is 46.2. The first kappa shape index (κ1) is 24.6. The van der Waals surface area contributed by atoms with E-state index < -0.39 is 29.7 Å². The van der Waals surface area contributed by atoms with Crippen molar-refractivity contribution in [2.75, 3.05) is 42.7 Å². The molecule has 0 saturated carbocycles. The van der Waals surface area contributed by atoms with E-state index in [1.807, 2.05) is 0 Å². The van der Waals surface area contributed by atoms with Gasteiger partial charge in [-0.05, 0) is 19.1 Å². The molecule has 35 heavy (non-hydrogen) atoms. The smallest absolute Gasteiger partial charge is 0.492 e. The maximum atomic E-state index is 13.4. The molecule has 1 aromatic heterocycles. The average Bonchev–Trinajstić information content (AvgIpc) is 3.16. The summed E-state index contributed by atoms with van der Waals surface area (Å²) < 4.78 is 47.4. The van der Waals surface area contributed by atoms with Crippen molar-refractivity contribution in [1.82, 2.24) is 19.4 Å². The fourth-order valence-corrected chi connectivity index (χ4v) is 4.24. The number of alkyl halides is 3. The number of anilines is 3. The zero-order valence-electron chi connectivity index (χ0n) is 19.3. The first-order chi connectivity index (χ1) is 16.6. The molecule has 14 heteroatoms. The van der Waals surface area contributed by atoms with Gasteiger partial charge in [0.25, 0.3) is 5.56 Å². The Morgan fingerprint density at radius 3 is 2.40 bits per heavy atom. The van der Waals surface area contributed by atoms with Crippen LogP contribution in [0.15, 0.2) is 33.9 Å². The number of hydroxylamine groups is 1. The molecule has 1 N–H and O–H groups in total. The van der Waals surface area contributed by atoms with Crippen molar-refractivity contribution in [3.05, 3.63) is 45.1 Å². The number of benzene rings is 1. The number of rotatable bonds is 5. The quantitative estimate of drug-likeness (QED) is 0.637. The Balaban J connectivity index is 2.01. The van der Waals surface area contributed by atoms with E-state index in [2.05, 4.69) is 5.32 Å². The number of halogens is 3. The van der Waals surface area contributed by atoms with E-state index in [1.165, 1.54) is 19.0 Å². The summed E-state index contributed by atoms with van der Waals surface area (Å²) in [5, 5.41) is 3.85. The minimum Gasteiger partial charge on any atom is -0.492 e. The Bertz CT molecular complexity index is 1240.